The Balaban J connectivity index is 1.73. The number of hydrogen-bond donors (Lipinski definition) is 3. The van der Waals surface area contributed by atoms with Crippen LogP contribution in [0.3, 0.4) is 0 Å². The molecule has 0 radical (unpaired) electrons. The van der Waals surface area contributed by atoms with Gasteiger partial charge in [0.25, 0.3) is 10.0 Å². The van der Waals surface area contributed by atoms with Gasteiger partial charge in [-0.05, 0) is 54.6 Å². The molecule has 3 rings (SSSR count). The van der Waals surface area contributed by atoms with Gasteiger partial charge in [0, 0.05) is 16.4 Å². The van der Waals surface area contributed by atoms with Gasteiger partial charge in [-0.3, -0.25) is 4.72 Å². The van der Waals surface area contributed by atoms with Crippen molar-refractivity contribution >= 4 is 44.7 Å². The number of halogens is 1. The van der Waals surface area contributed by atoms with Gasteiger partial charge in [0.2, 0.25) is 0 Å². The van der Waals surface area contributed by atoms with Gasteiger partial charge in [0.1, 0.15) is 5.75 Å². The summed E-state index contributed by atoms with van der Waals surface area (Å²) in [5.74, 6) is 0.506. The number of nitrogens with one attached hydrogen (secondary N) is 3. The van der Waals surface area contributed by atoms with Crippen LogP contribution in [0, 0.1) is 0 Å². The fraction of sp³-hybridized carbons (Fsp3) is 0.0500. The van der Waals surface area contributed by atoms with Crippen LogP contribution in [0.4, 0.5) is 21.9 Å². The zero-order valence-electron chi connectivity index (χ0n) is 15.3. The van der Waals surface area contributed by atoms with Crippen molar-refractivity contribution in [1.82, 2.24) is 0 Å². The van der Waals surface area contributed by atoms with E-state index in [1.165, 1.54) is 25.3 Å². The van der Waals surface area contributed by atoms with E-state index in [0.717, 1.165) is 0 Å². The average Bonchev–Trinajstić information content (AvgIpc) is 2.70. The van der Waals surface area contributed by atoms with Gasteiger partial charge in [-0.15, -0.1) is 0 Å². The Kier molecular flexibility index (Phi) is 6.26. The summed E-state index contributed by atoms with van der Waals surface area (Å²) in [5, 5.41) is 5.77. The molecule has 150 valence electrons. The van der Waals surface area contributed by atoms with Gasteiger partial charge >= 0.3 is 6.03 Å². The van der Waals surface area contributed by atoms with Crippen molar-refractivity contribution in [3.05, 3.63) is 77.8 Å². The lowest BCUT2D eigenvalue weighted by atomic mass is 10.3. The molecule has 0 aliphatic heterocycles. The van der Waals surface area contributed by atoms with Crippen LogP contribution < -0.4 is 20.1 Å². The second kappa shape index (κ2) is 8.85. The highest BCUT2D eigenvalue weighted by atomic mass is 35.5. The minimum atomic E-state index is -3.84. The Morgan fingerprint density at radius 1 is 0.897 bits per heavy atom. The Hall–Kier alpha value is -3.23. The minimum absolute atomic E-state index is 0.00235. The van der Waals surface area contributed by atoms with Crippen molar-refractivity contribution in [3.8, 4) is 5.75 Å². The number of rotatable bonds is 6. The Bertz CT molecular complexity index is 1120. The van der Waals surface area contributed by atoms with Crippen LogP contribution in [0.1, 0.15) is 0 Å². The number of amides is 2. The lowest BCUT2D eigenvalue weighted by Crippen LogP contribution is -2.20. The van der Waals surface area contributed by atoms with Gasteiger partial charge in [0.05, 0.1) is 17.7 Å². The normalized spacial score (nSPS) is 10.8. The zero-order valence-corrected chi connectivity index (χ0v) is 16.9. The number of benzene rings is 3. The highest BCUT2D eigenvalue weighted by Gasteiger charge is 2.15. The smallest absolute Gasteiger partial charge is 0.323 e. The Morgan fingerprint density at radius 3 is 2.34 bits per heavy atom. The van der Waals surface area contributed by atoms with E-state index in [9.17, 15) is 13.2 Å². The monoisotopic (exact) mass is 431 g/mol. The maximum Gasteiger partial charge on any atom is 0.323 e. The highest BCUT2D eigenvalue weighted by Crippen LogP contribution is 2.24. The van der Waals surface area contributed by atoms with Crippen molar-refractivity contribution < 1.29 is 17.9 Å². The van der Waals surface area contributed by atoms with Crippen LogP contribution in [0.15, 0.2) is 77.7 Å². The molecule has 3 aromatic rings. The molecule has 7 nitrogen and oxygen atoms in total. The molecule has 0 unspecified atom stereocenters. The van der Waals surface area contributed by atoms with Gasteiger partial charge in [0.15, 0.2) is 0 Å². The van der Waals surface area contributed by atoms with Crippen LogP contribution in [0.5, 0.6) is 5.75 Å². The van der Waals surface area contributed by atoms with E-state index in [1.54, 1.807) is 54.6 Å². The summed E-state index contributed by atoms with van der Waals surface area (Å²) in [4.78, 5) is 12.3. The van der Waals surface area contributed by atoms with Gasteiger partial charge < -0.3 is 15.4 Å². The molecular weight excluding hydrogens is 414 g/mol. The van der Waals surface area contributed by atoms with Gasteiger partial charge in [-0.2, -0.15) is 0 Å². The number of carbonyl (C=O) groups excluding carboxylic acids is 1. The minimum Gasteiger partial charge on any atom is -0.495 e. The molecule has 0 aliphatic carbocycles. The summed E-state index contributed by atoms with van der Waals surface area (Å²) in [6.07, 6.45) is 0. The first-order valence-electron chi connectivity index (χ1n) is 8.47. The molecule has 29 heavy (non-hydrogen) atoms. The van der Waals surface area contributed by atoms with E-state index in [-0.39, 0.29) is 4.90 Å². The average molecular weight is 432 g/mol. The van der Waals surface area contributed by atoms with Crippen LogP contribution >= 0.6 is 11.6 Å². The summed E-state index contributed by atoms with van der Waals surface area (Å²) in [7, 11) is -2.34. The van der Waals surface area contributed by atoms with E-state index in [1.807, 2.05) is 0 Å². The summed E-state index contributed by atoms with van der Waals surface area (Å²) in [5.41, 5.74) is 1.18. The summed E-state index contributed by atoms with van der Waals surface area (Å²) < 4.78 is 32.9. The van der Waals surface area contributed by atoms with Crippen molar-refractivity contribution in [2.24, 2.45) is 0 Å². The summed E-state index contributed by atoms with van der Waals surface area (Å²) in [6, 6.07) is 18.6. The molecule has 0 aromatic heterocycles. The van der Waals surface area contributed by atoms with Crippen LogP contribution in [0.2, 0.25) is 5.02 Å². The predicted molar refractivity (Wildman–Crippen MR) is 114 cm³/mol. The molecule has 3 aromatic carbocycles. The first-order valence-corrected chi connectivity index (χ1v) is 10.3. The first-order chi connectivity index (χ1) is 13.9. The second-order valence-corrected chi connectivity index (χ2v) is 8.04. The van der Waals surface area contributed by atoms with Crippen LogP contribution in [-0.4, -0.2) is 21.6 Å². The molecule has 0 heterocycles. The van der Waals surface area contributed by atoms with Crippen molar-refractivity contribution in [3.63, 3.8) is 0 Å². The third-order valence-corrected chi connectivity index (χ3v) is 5.48. The predicted octanol–water partition coefficient (Wildman–Crippen LogP) is 4.79. The molecule has 0 aliphatic rings. The molecule has 3 N–H and O–H groups in total. The Morgan fingerprint density at radius 2 is 1.62 bits per heavy atom. The molecular formula is C20H18ClN3O4S. The summed E-state index contributed by atoms with van der Waals surface area (Å²) in [6.45, 7) is 0. The zero-order chi connectivity index (χ0) is 20.9. The lowest BCUT2D eigenvalue weighted by Gasteiger charge is -2.12. The number of anilines is 3. The topological polar surface area (TPSA) is 96.5 Å². The van der Waals surface area contributed by atoms with Crippen molar-refractivity contribution in [2.45, 2.75) is 4.90 Å². The van der Waals surface area contributed by atoms with Crippen molar-refractivity contribution in [1.29, 1.82) is 0 Å². The number of urea groups is 1. The van der Waals surface area contributed by atoms with Gasteiger partial charge in [-0.25, -0.2) is 13.2 Å². The van der Waals surface area contributed by atoms with Crippen molar-refractivity contribution in [2.75, 3.05) is 22.5 Å². The van der Waals surface area contributed by atoms with Crippen LogP contribution in [-0.2, 0) is 10.0 Å². The second-order valence-electron chi connectivity index (χ2n) is 5.92. The third kappa shape index (κ3) is 5.40. The number of hydrogen-bond acceptors (Lipinski definition) is 4. The maximum absolute atomic E-state index is 12.6. The largest absolute Gasteiger partial charge is 0.495 e. The summed E-state index contributed by atoms with van der Waals surface area (Å²) >= 11 is 5.81. The molecule has 0 saturated heterocycles. The third-order valence-electron chi connectivity index (χ3n) is 3.85. The van der Waals surface area contributed by atoms with Gasteiger partial charge in [-0.1, -0.05) is 29.8 Å². The van der Waals surface area contributed by atoms with Crippen LogP contribution in [0.25, 0.3) is 0 Å². The Labute approximate surface area is 173 Å². The molecule has 0 bridgehead atoms. The lowest BCUT2D eigenvalue weighted by molar-refractivity contribution is 0.262. The fourth-order valence-corrected chi connectivity index (χ4v) is 3.74. The SMILES string of the molecule is COc1ccccc1NC(=O)Nc1cccc(S(=O)(=O)Nc2ccc(Cl)cc2)c1. The number of para-hydroxylation sites is 2. The number of ether oxygens (including phenoxy) is 1. The molecule has 0 fully saturated rings. The van der Waals surface area contributed by atoms with E-state index < -0.39 is 16.1 Å². The molecule has 2 amide bonds. The molecule has 0 atom stereocenters. The number of carbonyl (C=O) groups is 1. The maximum atomic E-state index is 12.6. The van der Waals surface area contributed by atoms with E-state index in [4.69, 9.17) is 16.3 Å². The standard InChI is InChI=1S/C20H18ClN3O4S/c1-28-19-8-3-2-7-18(19)23-20(25)22-16-5-4-6-17(13-16)29(26,27)24-15-11-9-14(21)10-12-15/h2-13,24H,1H3,(H2,22,23,25). The molecule has 9 heteroatoms. The molecule has 0 spiro atoms. The number of methoxy groups -OCH3 is 1. The van der Waals surface area contributed by atoms with E-state index >= 15 is 0 Å². The first kappa shape index (κ1) is 20.5. The van der Waals surface area contributed by atoms with E-state index in [2.05, 4.69) is 15.4 Å². The number of sulfonamides is 1. The molecule has 0 saturated carbocycles. The quantitative estimate of drug-likeness (QED) is 0.522. The highest BCUT2D eigenvalue weighted by molar-refractivity contribution is 7.92. The van der Waals surface area contributed by atoms with E-state index in [0.29, 0.717) is 27.8 Å². The fourth-order valence-electron chi connectivity index (χ4n) is 2.51.